The van der Waals surface area contributed by atoms with Crippen molar-refractivity contribution in [2.24, 2.45) is 0 Å². The molecule has 2 aromatic heterocycles. The van der Waals surface area contributed by atoms with Gasteiger partial charge in [0.25, 0.3) is 5.91 Å². The zero-order valence-electron chi connectivity index (χ0n) is 24.4. The van der Waals surface area contributed by atoms with E-state index in [-0.39, 0.29) is 17.5 Å². The zero-order valence-corrected chi connectivity index (χ0v) is 24.4. The Morgan fingerprint density at radius 3 is 2.53 bits per heavy atom. The van der Waals surface area contributed by atoms with Crippen LogP contribution in [-0.2, 0) is 4.79 Å². The number of aliphatic hydroxyl groups is 1. The topological polar surface area (TPSA) is 130 Å². The van der Waals surface area contributed by atoms with Crippen molar-refractivity contribution < 1.29 is 24.5 Å². The van der Waals surface area contributed by atoms with Gasteiger partial charge in [-0.1, -0.05) is 30.3 Å². The summed E-state index contributed by atoms with van der Waals surface area (Å²) in [6, 6.07) is 18.0. The number of benzene rings is 2. The molecule has 1 saturated heterocycles. The van der Waals surface area contributed by atoms with Crippen molar-refractivity contribution in [1.82, 2.24) is 19.7 Å². The molecule has 1 fully saturated rings. The second-order valence-electron chi connectivity index (χ2n) is 11.3. The van der Waals surface area contributed by atoms with E-state index in [1.54, 1.807) is 16.5 Å². The van der Waals surface area contributed by atoms with Crippen molar-refractivity contribution in [3.63, 3.8) is 0 Å². The maximum Gasteiger partial charge on any atom is 0.339 e. The number of anilines is 1. The number of hydrogen-bond acceptors (Lipinski definition) is 7. The van der Waals surface area contributed by atoms with Gasteiger partial charge in [-0.25, -0.2) is 14.5 Å². The first-order valence-corrected chi connectivity index (χ1v) is 14.6. The first-order valence-electron chi connectivity index (χ1n) is 14.6. The fraction of sp³-hybridized carbons (Fsp3) is 0.333. The molecule has 2 aliphatic heterocycles. The highest BCUT2D eigenvalue weighted by molar-refractivity contribution is 5.88. The molecular weight excluding hydrogens is 546 g/mol. The van der Waals surface area contributed by atoms with Crippen molar-refractivity contribution in [3.05, 3.63) is 88.7 Å². The minimum atomic E-state index is -1.02. The second-order valence-corrected chi connectivity index (χ2v) is 11.3. The summed E-state index contributed by atoms with van der Waals surface area (Å²) in [6.07, 6.45) is 2.13. The van der Waals surface area contributed by atoms with Gasteiger partial charge >= 0.3 is 5.97 Å². The molecule has 2 atom stereocenters. The quantitative estimate of drug-likeness (QED) is 0.282. The standard InChI is InChI=1S/C33H35N5O5/c1-19-16-23(22-12-14-37(15-13-22)32(40)21(3)39)10-11-26(19)35-28-18-43-29-8-4-6-24(31(28)29)27-7-5-9-30(36-27)38-20(2)25(17-34-38)33(41)42/h4-11,16-17,21-22,28,35,39H,12-15,18H2,1-3H3,(H,41,42). The number of nitrogens with zero attached hydrogens (tertiary/aromatic N) is 4. The third-order valence-electron chi connectivity index (χ3n) is 8.50. The molecule has 2 aliphatic rings. The van der Waals surface area contributed by atoms with Crippen LogP contribution in [0, 0.1) is 13.8 Å². The SMILES string of the molecule is Cc1cc(C2CCN(C(=O)C(C)O)CC2)ccc1NC1COc2cccc(-c3cccc(-n4ncc(C(=O)O)c4C)n3)c21. The average molecular weight is 582 g/mol. The molecule has 0 saturated carbocycles. The highest BCUT2D eigenvalue weighted by Gasteiger charge is 2.30. The van der Waals surface area contributed by atoms with Crippen LogP contribution in [0.3, 0.4) is 0 Å². The number of aromatic carboxylic acids is 1. The van der Waals surface area contributed by atoms with E-state index in [0.29, 0.717) is 37.1 Å². The number of likely N-dealkylation sites (tertiary alicyclic amines) is 1. The highest BCUT2D eigenvalue weighted by Crippen LogP contribution is 2.42. The summed E-state index contributed by atoms with van der Waals surface area (Å²) in [7, 11) is 0. The van der Waals surface area contributed by atoms with Gasteiger partial charge in [-0.2, -0.15) is 5.10 Å². The number of carbonyl (C=O) groups excluding carboxylic acids is 1. The van der Waals surface area contributed by atoms with Crippen molar-refractivity contribution in [3.8, 4) is 22.8 Å². The second kappa shape index (κ2) is 11.5. The number of pyridine rings is 1. The summed E-state index contributed by atoms with van der Waals surface area (Å²) in [4.78, 5) is 30.3. The number of nitrogens with one attached hydrogen (secondary N) is 1. The molecular formula is C33H35N5O5. The Labute approximate surface area is 249 Å². The molecule has 0 spiro atoms. The van der Waals surface area contributed by atoms with Crippen LogP contribution >= 0.6 is 0 Å². The number of carboxylic acid groups (broad SMARTS) is 1. The van der Waals surface area contributed by atoms with Crippen molar-refractivity contribution in [2.45, 2.75) is 51.7 Å². The number of aromatic nitrogens is 3. The summed E-state index contributed by atoms with van der Waals surface area (Å²) in [5.41, 5.74) is 6.77. The normalized spacial score (nSPS) is 17.3. The molecule has 2 aromatic carbocycles. The first kappa shape index (κ1) is 28.4. The summed E-state index contributed by atoms with van der Waals surface area (Å²) < 4.78 is 7.63. The molecule has 6 rings (SSSR count). The van der Waals surface area contributed by atoms with Gasteiger partial charge in [-0.15, -0.1) is 0 Å². The number of piperidine rings is 1. The molecule has 0 bridgehead atoms. The van der Waals surface area contributed by atoms with E-state index in [1.165, 1.54) is 18.7 Å². The molecule has 10 heteroatoms. The van der Waals surface area contributed by atoms with Gasteiger partial charge in [0, 0.05) is 29.9 Å². The largest absolute Gasteiger partial charge is 0.491 e. The van der Waals surface area contributed by atoms with Crippen LogP contribution in [0.1, 0.15) is 64.5 Å². The van der Waals surface area contributed by atoms with Crippen LogP contribution in [0.5, 0.6) is 5.75 Å². The van der Waals surface area contributed by atoms with E-state index >= 15 is 0 Å². The van der Waals surface area contributed by atoms with Gasteiger partial charge in [-0.3, -0.25) is 4.79 Å². The summed E-state index contributed by atoms with van der Waals surface area (Å²) in [6.45, 7) is 7.12. The van der Waals surface area contributed by atoms with Gasteiger partial charge in [0.05, 0.1) is 23.6 Å². The Morgan fingerprint density at radius 1 is 1.07 bits per heavy atom. The molecule has 1 amide bonds. The maximum atomic E-state index is 12.2. The van der Waals surface area contributed by atoms with Crippen LogP contribution in [0.2, 0.25) is 0 Å². The van der Waals surface area contributed by atoms with Gasteiger partial charge in [0.1, 0.15) is 24.0 Å². The minimum Gasteiger partial charge on any atom is -0.491 e. The summed E-state index contributed by atoms with van der Waals surface area (Å²) in [5.74, 6) is 0.494. The number of carbonyl (C=O) groups is 2. The first-order chi connectivity index (χ1) is 20.7. The number of carboxylic acids is 1. The number of aliphatic hydroxyl groups excluding tert-OH is 1. The van der Waals surface area contributed by atoms with E-state index in [2.05, 4.69) is 35.5 Å². The average Bonchev–Trinajstić information content (AvgIpc) is 3.61. The summed E-state index contributed by atoms with van der Waals surface area (Å²) in [5, 5.41) is 27.0. The lowest BCUT2D eigenvalue weighted by molar-refractivity contribution is -0.140. The molecule has 222 valence electrons. The van der Waals surface area contributed by atoms with Crippen molar-refractivity contribution in [2.75, 3.05) is 25.0 Å². The highest BCUT2D eigenvalue weighted by atomic mass is 16.5. The van der Waals surface area contributed by atoms with Crippen molar-refractivity contribution >= 4 is 17.6 Å². The lowest BCUT2D eigenvalue weighted by Gasteiger charge is -2.33. The Morgan fingerprint density at radius 2 is 1.84 bits per heavy atom. The predicted octanol–water partition coefficient (Wildman–Crippen LogP) is 4.88. The third kappa shape index (κ3) is 5.46. The Bertz CT molecular complexity index is 1690. The smallest absolute Gasteiger partial charge is 0.339 e. The molecule has 43 heavy (non-hydrogen) atoms. The van der Waals surface area contributed by atoms with Crippen LogP contribution in [0.4, 0.5) is 5.69 Å². The molecule has 2 unspecified atom stereocenters. The number of hydrogen-bond donors (Lipinski definition) is 3. The molecule has 10 nitrogen and oxygen atoms in total. The summed E-state index contributed by atoms with van der Waals surface area (Å²) >= 11 is 0. The third-order valence-corrected chi connectivity index (χ3v) is 8.50. The predicted molar refractivity (Wildman–Crippen MR) is 162 cm³/mol. The number of amides is 1. The Hall–Kier alpha value is -4.70. The molecule has 3 N–H and O–H groups in total. The monoisotopic (exact) mass is 581 g/mol. The van der Waals surface area contributed by atoms with Crippen LogP contribution in [-0.4, -0.2) is 67.6 Å². The van der Waals surface area contributed by atoms with Crippen LogP contribution in [0.25, 0.3) is 17.1 Å². The molecule has 0 radical (unpaired) electrons. The zero-order chi connectivity index (χ0) is 30.2. The number of ether oxygens (including phenoxy) is 1. The van der Waals surface area contributed by atoms with E-state index < -0.39 is 12.1 Å². The number of aryl methyl sites for hydroxylation is 1. The maximum absolute atomic E-state index is 12.2. The van der Waals surface area contributed by atoms with E-state index in [4.69, 9.17) is 9.72 Å². The molecule has 4 aromatic rings. The van der Waals surface area contributed by atoms with Crippen molar-refractivity contribution in [1.29, 1.82) is 0 Å². The fourth-order valence-electron chi connectivity index (χ4n) is 6.15. The Balaban J connectivity index is 1.22. The fourth-order valence-corrected chi connectivity index (χ4v) is 6.15. The van der Waals surface area contributed by atoms with Gasteiger partial charge in [0.15, 0.2) is 5.82 Å². The van der Waals surface area contributed by atoms with Gasteiger partial charge < -0.3 is 25.2 Å². The minimum absolute atomic E-state index is 0.0963. The molecule has 4 heterocycles. The van der Waals surface area contributed by atoms with E-state index in [0.717, 1.165) is 46.7 Å². The van der Waals surface area contributed by atoms with Crippen LogP contribution < -0.4 is 10.1 Å². The lowest BCUT2D eigenvalue weighted by Crippen LogP contribution is -2.42. The van der Waals surface area contributed by atoms with Crippen LogP contribution in [0.15, 0.2) is 60.8 Å². The van der Waals surface area contributed by atoms with E-state index in [9.17, 15) is 19.8 Å². The number of rotatable bonds is 7. The Kier molecular flexibility index (Phi) is 7.62. The number of fused-ring (bicyclic) bond motifs is 1. The van der Waals surface area contributed by atoms with Gasteiger partial charge in [0.2, 0.25) is 0 Å². The molecule has 0 aliphatic carbocycles. The lowest BCUT2D eigenvalue weighted by atomic mass is 9.88. The van der Waals surface area contributed by atoms with Gasteiger partial charge in [-0.05, 0) is 74.9 Å². The van der Waals surface area contributed by atoms with E-state index in [1.807, 2.05) is 36.4 Å².